The minimum atomic E-state index is -0.934. The number of hydrogen-bond acceptors (Lipinski definition) is 5. The largest absolute Gasteiger partial charge is 0.481 e. The minimum absolute atomic E-state index is 0.0190. The first-order valence-corrected chi connectivity index (χ1v) is 11.8. The molecule has 35 heavy (non-hydrogen) atoms. The summed E-state index contributed by atoms with van der Waals surface area (Å²) >= 11 is 0. The molecule has 0 atom stereocenters. The van der Waals surface area contributed by atoms with Crippen molar-refractivity contribution in [2.24, 2.45) is 0 Å². The van der Waals surface area contributed by atoms with Gasteiger partial charge in [0.15, 0.2) is 0 Å². The second kappa shape index (κ2) is 10.7. The molecular formula is C27H31N3O5. The maximum Gasteiger partial charge on any atom is 0.407 e. The van der Waals surface area contributed by atoms with Crippen LogP contribution in [-0.4, -0.2) is 66.8 Å². The Bertz CT molecular complexity index is 1080. The van der Waals surface area contributed by atoms with Crippen molar-refractivity contribution in [2.45, 2.75) is 30.7 Å². The maximum atomic E-state index is 12.4. The maximum absolute atomic E-state index is 12.4. The van der Waals surface area contributed by atoms with Gasteiger partial charge in [0.2, 0.25) is 5.91 Å². The van der Waals surface area contributed by atoms with E-state index in [1.807, 2.05) is 31.3 Å². The standard InChI is InChI=1S/C27H31N3O5/c1-30-15-12-27(13-16-30,17-25(32)33)29-24(31)11-6-14-28-26(34)35-18-23-21-9-4-2-7-19(21)20-8-3-5-10-22(20)23/h2-11,23H,12-18H2,1H3,(H,28,34)(H,29,31)(H,32,33)/b11-6+. The smallest absolute Gasteiger partial charge is 0.407 e. The summed E-state index contributed by atoms with van der Waals surface area (Å²) < 4.78 is 5.48. The van der Waals surface area contributed by atoms with Crippen molar-refractivity contribution in [2.75, 3.05) is 33.3 Å². The lowest BCUT2D eigenvalue weighted by Crippen LogP contribution is -2.55. The van der Waals surface area contributed by atoms with Gasteiger partial charge in [-0.2, -0.15) is 0 Å². The van der Waals surface area contributed by atoms with Crippen LogP contribution in [0.5, 0.6) is 0 Å². The zero-order valence-electron chi connectivity index (χ0n) is 19.8. The molecule has 1 aliphatic carbocycles. The van der Waals surface area contributed by atoms with Crippen molar-refractivity contribution in [3.05, 3.63) is 71.8 Å². The summed E-state index contributed by atoms with van der Waals surface area (Å²) in [6.07, 6.45) is 3.33. The highest BCUT2D eigenvalue weighted by Gasteiger charge is 2.36. The van der Waals surface area contributed by atoms with Gasteiger partial charge in [0.1, 0.15) is 6.61 Å². The predicted molar refractivity (Wildman–Crippen MR) is 132 cm³/mol. The highest BCUT2D eigenvalue weighted by molar-refractivity contribution is 5.88. The summed E-state index contributed by atoms with van der Waals surface area (Å²) in [7, 11) is 1.97. The molecule has 0 radical (unpaired) electrons. The summed E-state index contributed by atoms with van der Waals surface area (Å²) in [5.41, 5.74) is 3.86. The van der Waals surface area contributed by atoms with E-state index >= 15 is 0 Å². The number of benzene rings is 2. The number of carbonyl (C=O) groups excluding carboxylic acids is 2. The van der Waals surface area contributed by atoms with Crippen LogP contribution in [0.1, 0.15) is 36.3 Å². The van der Waals surface area contributed by atoms with E-state index in [1.165, 1.54) is 12.2 Å². The molecule has 0 unspecified atom stereocenters. The number of aliphatic carboxylic acids is 1. The highest BCUT2D eigenvalue weighted by Crippen LogP contribution is 2.44. The molecule has 3 N–H and O–H groups in total. The van der Waals surface area contributed by atoms with Gasteiger partial charge in [-0.05, 0) is 42.1 Å². The van der Waals surface area contributed by atoms with Crippen LogP contribution in [0.2, 0.25) is 0 Å². The van der Waals surface area contributed by atoms with Crippen LogP contribution < -0.4 is 10.6 Å². The lowest BCUT2D eigenvalue weighted by Gasteiger charge is -2.40. The molecule has 0 spiro atoms. The van der Waals surface area contributed by atoms with Gasteiger partial charge in [-0.15, -0.1) is 0 Å². The fourth-order valence-electron chi connectivity index (χ4n) is 4.94. The van der Waals surface area contributed by atoms with Crippen molar-refractivity contribution in [3.8, 4) is 11.1 Å². The number of ether oxygens (including phenoxy) is 1. The summed E-state index contributed by atoms with van der Waals surface area (Å²) in [5.74, 6) is -1.32. The van der Waals surface area contributed by atoms with Crippen LogP contribution >= 0.6 is 0 Å². The first-order chi connectivity index (χ1) is 16.9. The molecule has 1 aliphatic heterocycles. The zero-order valence-corrected chi connectivity index (χ0v) is 19.8. The first kappa shape index (κ1) is 24.5. The van der Waals surface area contributed by atoms with Gasteiger partial charge >= 0.3 is 12.1 Å². The lowest BCUT2D eigenvalue weighted by molar-refractivity contribution is -0.139. The number of carboxylic acids is 1. The molecule has 2 amide bonds. The highest BCUT2D eigenvalue weighted by atomic mass is 16.5. The monoisotopic (exact) mass is 477 g/mol. The number of hydrogen-bond donors (Lipinski definition) is 3. The van der Waals surface area contributed by atoms with Gasteiger partial charge < -0.3 is 25.4 Å². The topological polar surface area (TPSA) is 108 Å². The Kier molecular flexibility index (Phi) is 7.51. The SMILES string of the molecule is CN1CCC(CC(=O)O)(NC(=O)/C=C/CNC(=O)OCC2c3ccccc3-c3ccccc32)CC1. The molecule has 2 aromatic rings. The predicted octanol–water partition coefficient (Wildman–Crippen LogP) is 3.14. The zero-order chi connectivity index (χ0) is 24.8. The van der Waals surface area contributed by atoms with Crippen molar-refractivity contribution in [1.82, 2.24) is 15.5 Å². The van der Waals surface area contributed by atoms with Crippen LogP contribution in [0.15, 0.2) is 60.7 Å². The number of likely N-dealkylation sites (tertiary alicyclic amines) is 1. The van der Waals surface area contributed by atoms with E-state index in [0.29, 0.717) is 12.8 Å². The molecule has 0 aromatic heterocycles. The summed E-state index contributed by atoms with van der Waals surface area (Å²) in [6, 6.07) is 16.3. The molecule has 0 saturated carbocycles. The molecule has 1 saturated heterocycles. The number of nitrogens with zero attached hydrogens (tertiary/aromatic N) is 1. The van der Waals surface area contributed by atoms with E-state index < -0.39 is 17.6 Å². The Morgan fingerprint density at radius 2 is 1.66 bits per heavy atom. The van der Waals surface area contributed by atoms with Crippen LogP contribution in [0.25, 0.3) is 11.1 Å². The molecular weight excluding hydrogens is 446 g/mol. The lowest BCUT2D eigenvalue weighted by atomic mass is 9.84. The fraction of sp³-hybridized carbons (Fsp3) is 0.370. The third-order valence-electron chi connectivity index (χ3n) is 6.80. The number of carbonyl (C=O) groups is 3. The Labute approximate surface area is 205 Å². The number of fused-ring (bicyclic) bond motifs is 3. The second-order valence-corrected chi connectivity index (χ2v) is 9.25. The molecule has 4 rings (SSSR count). The van der Waals surface area contributed by atoms with Gasteiger partial charge in [-0.3, -0.25) is 9.59 Å². The number of nitrogens with one attached hydrogen (secondary N) is 2. The Balaban J connectivity index is 1.25. The summed E-state index contributed by atoms with van der Waals surface area (Å²) in [6.45, 7) is 1.79. The Morgan fingerprint density at radius 3 is 2.26 bits per heavy atom. The first-order valence-electron chi connectivity index (χ1n) is 11.8. The molecule has 184 valence electrons. The fourth-order valence-corrected chi connectivity index (χ4v) is 4.94. The van der Waals surface area contributed by atoms with Crippen molar-refractivity contribution in [1.29, 1.82) is 0 Å². The number of carboxylic acid groups (broad SMARTS) is 1. The Morgan fingerprint density at radius 1 is 1.06 bits per heavy atom. The van der Waals surface area contributed by atoms with Crippen molar-refractivity contribution >= 4 is 18.0 Å². The van der Waals surface area contributed by atoms with E-state index in [4.69, 9.17) is 4.74 Å². The third-order valence-corrected chi connectivity index (χ3v) is 6.80. The van der Waals surface area contributed by atoms with Gasteiger partial charge in [-0.1, -0.05) is 54.6 Å². The van der Waals surface area contributed by atoms with E-state index in [1.54, 1.807) is 0 Å². The van der Waals surface area contributed by atoms with Crippen LogP contribution in [-0.2, 0) is 14.3 Å². The second-order valence-electron chi connectivity index (χ2n) is 9.25. The number of rotatable bonds is 8. The van der Waals surface area contributed by atoms with Crippen molar-refractivity contribution in [3.63, 3.8) is 0 Å². The van der Waals surface area contributed by atoms with E-state index in [0.717, 1.165) is 35.3 Å². The molecule has 8 nitrogen and oxygen atoms in total. The average molecular weight is 478 g/mol. The minimum Gasteiger partial charge on any atom is -0.481 e. The van der Waals surface area contributed by atoms with Gasteiger partial charge in [-0.25, -0.2) is 4.79 Å². The van der Waals surface area contributed by atoms with Crippen LogP contribution in [0.3, 0.4) is 0 Å². The van der Waals surface area contributed by atoms with Crippen molar-refractivity contribution < 1.29 is 24.2 Å². The van der Waals surface area contributed by atoms with Gasteiger partial charge in [0.05, 0.1) is 12.0 Å². The summed E-state index contributed by atoms with van der Waals surface area (Å²) in [4.78, 5) is 38.1. The molecule has 2 aliphatic rings. The molecule has 0 bridgehead atoms. The van der Waals surface area contributed by atoms with E-state index in [9.17, 15) is 19.5 Å². The molecule has 1 heterocycles. The molecule has 2 aromatic carbocycles. The molecule has 8 heteroatoms. The van der Waals surface area contributed by atoms with E-state index in [-0.39, 0.29) is 31.4 Å². The normalized spacial score (nSPS) is 16.9. The molecule has 1 fully saturated rings. The van der Waals surface area contributed by atoms with Crippen LogP contribution in [0.4, 0.5) is 4.79 Å². The number of piperidine rings is 1. The van der Waals surface area contributed by atoms with Crippen LogP contribution in [0, 0.1) is 0 Å². The van der Waals surface area contributed by atoms with E-state index in [2.05, 4.69) is 39.8 Å². The third kappa shape index (κ3) is 5.89. The Hall–Kier alpha value is -3.65. The number of alkyl carbamates (subject to hydrolysis) is 1. The van der Waals surface area contributed by atoms with Gasteiger partial charge in [0, 0.05) is 31.6 Å². The van der Waals surface area contributed by atoms with Gasteiger partial charge in [0.25, 0.3) is 0 Å². The summed E-state index contributed by atoms with van der Waals surface area (Å²) in [5, 5.41) is 14.8. The number of amides is 2. The average Bonchev–Trinajstić information content (AvgIpc) is 3.16. The quantitative estimate of drug-likeness (QED) is 0.504.